The SMILES string of the molecule is CCC(=O)NCc1cccc(C(C)N)c1. The molecule has 1 amide bonds. The van der Waals surface area contributed by atoms with Crippen LogP contribution in [-0.2, 0) is 11.3 Å². The fourth-order valence-corrected chi connectivity index (χ4v) is 1.31. The summed E-state index contributed by atoms with van der Waals surface area (Å²) in [6.45, 7) is 4.37. The number of carbonyl (C=O) groups excluding carboxylic acids is 1. The van der Waals surface area contributed by atoms with Crippen LogP contribution in [-0.4, -0.2) is 5.91 Å². The third kappa shape index (κ3) is 3.72. The topological polar surface area (TPSA) is 55.1 Å². The van der Waals surface area contributed by atoms with E-state index < -0.39 is 0 Å². The van der Waals surface area contributed by atoms with E-state index in [0.717, 1.165) is 11.1 Å². The Morgan fingerprint density at radius 3 is 2.87 bits per heavy atom. The van der Waals surface area contributed by atoms with Crippen LogP contribution in [0.3, 0.4) is 0 Å². The van der Waals surface area contributed by atoms with Gasteiger partial charge in [0.05, 0.1) is 0 Å². The highest BCUT2D eigenvalue weighted by molar-refractivity contribution is 5.75. The smallest absolute Gasteiger partial charge is 0.219 e. The summed E-state index contributed by atoms with van der Waals surface area (Å²) in [4.78, 5) is 11.1. The summed E-state index contributed by atoms with van der Waals surface area (Å²) in [5, 5.41) is 2.84. The standard InChI is InChI=1S/C12H18N2O/c1-3-12(15)14-8-10-5-4-6-11(7-10)9(2)13/h4-7,9H,3,8,13H2,1-2H3,(H,14,15). The number of rotatable bonds is 4. The molecule has 0 bridgehead atoms. The largest absolute Gasteiger partial charge is 0.352 e. The van der Waals surface area contributed by atoms with Crippen molar-refractivity contribution in [1.29, 1.82) is 0 Å². The molecule has 0 radical (unpaired) electrons. The molecule has 1 unspecified atom stereocenters. The second-order valence-electron chi connectivity index (χ2n) is 3.66. The number of nitrogens with two attached hydrogens (primary N) is 1. The first-order valence-corrected chi connectivity index (χ1v) is 5.24. The zero-order valence-electron chi connectivity index (χ0n) is 9.29. The van der Waals surface area contributed by atoms with Crippen molar-refractivity contribution < 1.29 is 4.79 Å². The van der Waals surface area contributed by atoms with Gasteiger partial charge in [-0.15, -0.1) is 0 Å². The molecule has 0 aliphatic heterocycles. The molecule has 3 heteroatoms. The van der Waals surface area contributed by atoms with Crippen LogP contribution in [0.15, 0.2) is 24.3 Å². The van der Waals surface area contributed by atoms with Gasteiger partial charge in [0.1, 0.15) is 0 Å². The number of hydrogen-bond acceptors (Lipinski definition) is 2. The lowest BCUT2D eigenvalue weighted by Crippen LogP contribution is -2.21. The van der Waals surface area contributed by atoms with Crippen molar-refractivity contribution in [2.45, 2.75) is 32.9 Å². The van der Waals surface area contributed by atoms with E-state index >= 15 is 0 Å². The number of amides is 1. The first-order chi connectivity index (χ1) is 7.13. The highest BCUT2D eigenvalue weighted by Crippen LogP contribution is 2.11. The van der Waals surface area contributed by atoms with Gasteiger partial charge >= 0.3 is 0 Å². The molecule has 0 saturated carbocycles. The van der Waals surface area contributed by atoms with Gasteiger partial charge in [0.25, 0.3) is 0 Å². The molecule has 0 aromatic heterocycles. The third-order valence-corrected chi connectivity index (χ3v) is 2.29. The summed E-state index contributed by atoms with van der Waals surface area (Å²) in [7, 11) is 0. The van der Waals surface area contributed by atoms with Gasteiger partial charge in [0.15, 0.2) is 0 Å². The summed E-state index contributed by atoms with van der Waals surface area (Å²) < 4.78 is 0. The number of nitrogens with one attached hydrogen (secondary N) is 1. The molecule has 0 aliphatic carbocycles. The van der Waals surface area contributed by atoms with E-state index in [0.29, 0.717) is 13.0 Å². The molecule has 0 spiro atoms. The fourth-order valence-electron chi connectivity index (χ4n) is 1.31. The molecule has 82 valence electrons. The number of hydrogen-bond donors (Lipinski definition) is 2. The van der Waals surface area contributed by atoms with Crippen LogP contribution < -0.4 is 11.1 Å². The third-order valence-electron chi connectivity index (χ3n) is 2.29. The van der Waals surface area contributed by atoms with E-state index in [1.807, 2.05) is 38.1 Å². The average molecular weight is 206 g/mol. The van der Waals surface area contributed by atoms with Crippen molar-refractivity contribution >= 4 is 5.91 Å². The van der Waals surface area contributed by atoms with Crippen molar-refractivity contribution in [3.63, 3.8) is 0 Å². The minimum atomic E-state index is 0.0341. The zero-order chi connectivity index (χ0) is 11.3. The maximum absolute atomic E-state index is 11.1. The molecular weight excluding hydrogens is 188 g/mol. The van der Waals surface area contributed by atoms with Gasteiger partial charge < -0.3 is 11.1 Å². The van der Waals surface area contributed by atoms with Gasteiger partial charge in [-0.3, -0.25) is 4.79 Å². The van der Waals surface area contributed by atoms with Crippen molar-refractivity contribution in [1.82, 2.24) is 5.32 Å². The van der Waals surface area contributed by atoms with Crippen LogP contribution in [0.4, 0.5) is 0 Å². The molecule has 1 atom stereocenters. The van der Waals surface area contributed by atoms with Gasteiger partial charge in [-0.2, -0.15) is 0 Å². The van der Waals surface area contributed by atoms with Gasteiger partial charge in [0, 0.05) is 19.0 Å². The van der Waals surface area contributed by atoms with Crippen LogP contribution in [0.1, 0.15) is 37.4 Å². The predicted octanol–water partition coefficient (Wildman–Crippen LogP) is 1.73. The Balaban J connectivity index is 2.61. The number of benzene rings is 1. The predicted molar refractivity (Wildman–Crippen MR) is 61.2 cm³/mol. The highest BCUT2D eigenvalue weighted by Gasteiger charge is 2.01. The first kappa shape index (κ1) is 11.7. The molecule has 0 fully saturated rings. The highest BCUT2D eigenvalue weighted by atomic mass is 16.1. The molecule has 0 heterocycles. The molecule has 1 aromatic carbocycles. The average Bonchev–Trinajstić information content (AvgIpc) is 2.26. The Morgan fingerprint density at radius 1 is 1.53 bits per heavy atom. The second kappa shape index (κ2) is 5.51. The molecule has 1 aromatic rings. The molecule has 3 N–H and O–H groups in total. The summed E-state index contributed by atoms with van der Waals surface area (Å²) in [6, 6.07) is 8.01. The Morgan fingerprint density at radius 2 is 2.27 bits per heavy atom. The van der Waals surface area contributed by atoms with Gasteiger partial charge in [-0.25, -0.2) is 0 Å². The van der Waals surface area contributed by atoms with Gasteiger partial charge in [-0.1, -0.05) is 31.2 Å². The molecule has 15 heavy (non-hydrogen) atoms. The minimum absolute atomic E-state index is 0.0341. The van der Waals surface area contributed by atoms with E-state index in [9.17, 15) is 4.79 Å². The zero-order valence-corrected chi connectivity index (χ0v) is 9.29. The molecule has 0 saturated heterocycles. The summed E-state index contributed by atoms with van der Waals surface area (Å²) in [5.74, 6) is 0.0706. The lowest BCUT2D eigenvalue weighted by atomic mass is 10.1. The lowest BCUT2D eigenvalue weighted by Gasteiger charge is -2.08. The monoisotopic (exact) mass is 206 g/mol. The minimum Gasteiger partial charge on any atom is -0.352 e. The van der Waals surface area contributed by atoms with Crippen molar-refractivity contribution in [3.8, 4) is 0 Å². The van der Waals surface area contributed by atoms with Crippen molar-refractivity contribution in [2.75, 3.05) is 0 Å². The number of carbonyl (C=O) groups is 1. The van der Waals surface area contributed by atoms with E-state index in [4.69, 9.17) is 5.73 Å². The lowest BCUT2D eigenvalue weighted by molar-refractivity contribution is -0.120. The van der Waals surface area contributed by atoms with Crippen molar-refractivity contribution in [2.24, 2.45) is 5.73 Å². The van der Waals surface area contributed by atoms with Crippen molar-refractivity contribution in [3.05, 3.63) is 35.4 Å². The van der Waals surface area contributed by atoms with E-state index in [-0.39, 0.29) is 11.9 Å². The van der Waals surface area contributed by atoms with E-state index in [1.165, 1.54) is 0 Å². The summed E-state index contributed by atoms with van der Waals surface area (Å²) in [5.41, 5.74) is 7.96. The first-order valence-electron chi connectivity index (χ1n) is 5.24. The Labute approximate surface area is 90.7 Å². The summed E-state index contributed by atoms with van der Waals surface area (Å²) >= 11 is 0. The van der Waals surface area contributed by atoms with Gasteiger partial charge in [0.2, 0.25) is 5.91 Å². The van der Waals surface area contributed by atoms with Crippen LogP contribution >= 0.6 is 0 Å². The Kier molecular flexibility index (Phi) is 4.31. The summed E-state index contributed by atoms with van der Waals surface area (Å²) in [6.07, 6.45) is 0.521. The van der Waals surface area contributed by atoms with Crippen LogP contribution in [0.5, 0.6) is 0 Å². The maximum Gasteiger partial charge on any atom is 0.219 e. The maximum atomic E-state index is 11.1. The van der Waals surface area contributed by atoms with Gasteiger partial charge in [-0.05, 0) is 18.1 Å². The second-order valence-corrected chi connectivity index (χ2v) is 3.66. The van der Waals surface area contributed by atoms with Crippen LogP contribution in [0.2, 0.25) is 0 Å². The fraction of sp³-hybridized carbons (Fsp3) is 0.417. The van der Waals surface area contributed by atoms with E-state index in [1.54, 1.807) is 0 Å². The van der Waals surface area contributed by atoms with Crippen LogP contribution in [0, 0.1) is 0 Å². The quantitative estimate of drug-likeness (QED) is 0.788. The molecule has 1 rings (SSSR count). The molecular formula is C12H18N2O. The molecule has 0 aliphatic rings. The van der Waals surface area contributed by atoms with E-state index in [2.05, 4.69) is 5.32 Å². The Bertz CT molecular complexity index is 334. The Hall–Kier alpha value is -1.35. The van der Waals surface area contributed by atoms with Crippen LogP contribution in [0.25, 0.3) is 0 Å². The normalized spacial score (nSPS) is 12.2. The molecule has 3 nitrogen and oxygen atoms in total.